The van der Waals surface area contributed by atoms with E-state index in [9.17, 15) is 29.1 Å². The van der Waals surface area contributed by atoms with Crippen molar-refractivity contribution in [2.24, 2.45) is 11.5 Å². The first-order chi connectivity index (χ1) is 15.6. The van der Waals surface area contributed by atoms with Gasteiger partial charge in [-0.2, -0.15) is 12.6 Å². The quantitative estimate of drug-likeness (QED) is 0.158. The van der Waals surface area contributed by atoms with Gasteiger partial charge >= 0.3 is 5.97 Å². The summed E-state index contributed by atoms with van der Waals surface area (Å²) in [6, 6.07) is -4.18. The van der Waals surface area contributed by atoms with Crippen molar-refractivity contribution >= 4 is 42.2 Å². The summed E-state index contributed by atoms with van der Waals surface area (Å²) in [6.45, 7) is 0.267. The van der Waals surface area contributed by atoms with Crippen LogP contribution in [0.15, 0.2) is 12.5 Å². The predicted molar refractivity (Wildman–Crippen MR) is 119 cm³/mol. The molecule has 2 rings (SSSR count). The second kappa shape index (κ2) is 12.2. The Balaban J connectivity index is 2.01. The van der Waals surface area contributed by atoms with Crippen molar-refractivity contribution in [1.29, 1.82) is 0 Å². The van der Waals surface area contributed by atoms with E-state index in [4.69, 9.17) is 11.5 Å². The first-order valence-corrected chi connectivity index (χ1v) is 11.0. The number of aromatic amines is 1. The van der Waals surface area contributed by atoms with E-state index in [0.29, 0.717) is 18.5 Å². The molecule has 0 aromatic carbocycles. The number of nitrogens with zero attached hydrogens (tertiary/aromatic N) is 2. The standard InChI is InChI=1S/C19H29N7O6S/c20-11(3-4-15(21)27)16(28)25-13(8-33)18(30)26-5-1-2-14(26)17(29)24-12(19(31)32)6-10-7-22-9-23-10/h7,9,11-14,33H,1-6,8,20H2,(H2,21,27)(H,22,23)(H,24,29)(H,25,28)(H,31,32). The van der Waals surface area contributed by atoms with Gasteiger partial charge in [-0.3, -0.25) is 19.2 Å². The number of H-pyrrole nitrogens is 1. The number of primary amides is 1. The molecule has 1 fully saturated rings. The smallest absolute Gasteiger partial charge is 0.326 e. The predicted octanol–water partition coefficient (Wildman–Crippen LogP) is -2.48. The highest BCUT2D eigenvalue weighted by molar-refractivity contribution is 7.80. The minimum Gasteiger partial charge on any atom is -0.480 e. The molecule has 0 bridgehead atoms. The van der Waals surface area contributed by atoms with E-state index in [1.165, 1.54) is 17.4 Å². The number of aromatic nitrogens is 2. The molecule has 14 heteroatoms. The van der Waals surface area contributed by atoms with Gasteiger partial charge in [-0.1, -0.05) is 0 Å². The van der Waals surface area contributed by atoms with E-state index >= 15 is 0 Å². The third kappa shape index (κ3) is 7.46. The number of likely N-dealkylation sites (tertiary alicyclic amines) is 1. The Morgan fingerprint density at radius 1 is 1.27 bits per heavy atom. The minimum atomic E-state index is -1.22. The molecule has 1 aliphatic rings. The molecule has 8 N–H and O–H groups in total. The largest absolute Gasteiger partial charge is 0.480 e. The van der Waals surface area contributed by atoms with Crippen LogP contribution in [-0.2, 0) is 30.4 Å². The lowest BCUT2D eigenvalue weighted by Gasteiger charge is -2.29. The Bertz CT molecular complexity index is 865. The fourth-order valence-electron chi connectivity index (χ4n) is 3.48. The van der Waals surface area contributed by atoms with E-state index < -0.39 is 53.8 Å². The highest BCUT2D eigenvalue weighted by atomic mass is 32.1. The number of nitrogens with one attached hydrogen (secondary N) is 3. The number of carbonyl (C=O) groups is 5. The van der Waals surface area contributed by atoms with Crippen LogP contribution in [-0.4, -0.2) is 86.0 Å². The van der Waals surface area contributed by atoms with Gasteiger partial charge in [-0.05, 0) is 19.3 Å². The number of rotatable bonds is 12. The van der Waals surface area contributed by atoms with Crippen LogP contribution in [0.2, 0.25) is 0 Å². The van der Waals surface area contributed by atoms with Gasteiger partial charge < -0.3 is 37.1 Å². The summed E-state index contributed by atoms with van der Waals surface area (Å²) < 4.78 is 0. The summed E-state index contributed by atoms with van der Waals surface area (Å²) in [7, 11) is 0. The molecule has 0 aliphatic carbocycles. The fourth-order valence-corrected chi connectivity index (χ4v) is 3.73. The topological polar surface area (TPSA) is 214 Å². The molecule has 4 amide bonds. The molecular weight excluding hydrogens is 454 g/mol. The number of imidazole rings is 1. The summed E-state index contributed by atoms with van der Waals surface area (Å²) in [5.74, 6) is -3.64. The number of carboxylic acid groups (broad SMARTS) is 1. The maximum absolute atomic E-state index is 13.0. The van der Waals surface area contributed by atoms with Crippen LogP contribution in [0.5, 0.6) is 0 Å². The van der Waals surface area contributed by atoms with Crippen LogP contribution in [0.3, 0.4) is 0 Å². The van der Waals surface area contributed by atoms with E-state index in [1.54, 1.807) is 0 Å². The Morgan fingerprint density at radius 3 is 2.58 bits per heavy atom. The Kier molecular flexibility index (Phi) is 9.66. The maximum Gasteiger partial charge on any atom is 0.326 e. The molecule has 1 aliphatic heterocycles. The van der Waals surface area contributed by atoms with E-state index in [-0.39, 0.29) is 31.6 Å². The van der Waals surface area contributed by atoms with E-state index in [0.717, 1.165) is 0 Å². The van der Waals surface area contributed by atoms with Crippen molar-refractivity contribution < 1.29 is 29.1 Å². The fraction of sp³-hybridized carbons (Fsp3) is 0.579. The van der Waals surface area contributed by atoms with Gasteiger partial charge in [-0.15, -0.1) is 0 Å². The number of carbonyl (C=O) groups excluding carboxylic acids is 4. The lowest BCUT2D eigenvalue weighted by molar-refractivity contribution is -0.144. The van der Waals surface area contributed by atoms with Crippen molar-refractivity contribution in [3.05, 3.63) is 18.2 Å². The lowest BCUT2D eigenvalue weighted by atomic mass is 10.1. The van der Waals surface area contributed by atoms with Crippen LogP contribution >= 0.6 is 12.6 Å². The Hall–Kier alpha value is -3.13. The number of nitrogens with two attached hydrogens (primary N) is 2. The second-order valence-electron chi connectivity index (χ2n) is 7.73. The average molecular weight is 484 g/mol. The molecule has 4 atom stereocenters. The number of hydrogen-bond acceptors (Lipinski definition) is 8. The zero-order valence-electron chi connectivity index (χ0n) is 17.9. The van der Waals surface area contributed by atoms with Gasteiger partial charge in [0.2, 0.25) is 23.6 Å². The molecule has 1 aromatic heterocycles. The van der Waals surface area contributed by atoms with Crippen LogP contribution in [0, 0.1) is 0 Å². The highest BCUT2D eigenvalue weighted by Gasteiger charge is 2.38. The molecule has 0 spiro atoms. The molecule has 33 heavy (non-hydrogen) atoms. The maximum atomic E-state index is 13.0. The monoisotopic (exact) mass is 483 g/mol. The van der Waals surface area contributed by atoms with Gasteiger partial charge in [0.1, 0.15) is 18.1 Å². The number of carboxylic acids is 1. The molecule has 182 valence electrons. The van der Waals surface area contributed by atoms with Crippen LogP contribution in [0.1, 0.15) is 31.4 Å². The van der Waals surface area contributed by atoms with Gasteiger partial charge in [0.15, 0.2) is 0 Å². The van der Waals surface area contributed by atoms with Gasteiger partial charge in [0, 0.05) is 37.0 Å². The summed E-state index contributed by atoms with van der Waals surface area (Å²) in [5, 5.41) is 14.4. The summed E-state index contributed by atoms with van der Waals surface area (Å²) in [6.07, 6.45) is 3.69. The molecule has 2 heterocycles. The van der Waals surface area contributed by atoms with Gasteiger partial charge in [-0.25, -0.2) is 9.78 Å². The molecule has 0 saturated carbocycles. The van der Waals surface area contributed by atoms with Crippen molar-refractivity contribution in [2.45, 2.75) is 56.3 Å². The third-order valence-electron chi connectivity index (χ3n) is 5.27. The molecular formula is C19H29N7O6S. The number of amides is 4. The van der Waals surface area contributed by atoms with Crippen LogP contribution in [0.25, 0.3) is 0 Å². The van der Waals surface area contributed by atoms with Crippen LogP contribution in [0.4, 0.5) is 0 Å². The molecule has 13 nitrogen and oxygen atoms in total. The zero-order valence-corrected chi connectivity index (χ0v) is 18.8. The first kappa shape index (κ1) is 26.1. The normalized spacial score (nSPS) is 18.2. The number of hydrogen-bond donors (Lipinski definition) is 7. The minimum absolute atomic E-state index is 0.000251. The third-order valence-corrected chi connectivity index (χ3v) is 5.63. The molecule has 1 saturated heterocycles. The zero-order chi connectivity index (χ0) is 24.5. The molecule has 1 aromatic rings. The van der Waals surface area contributed by atoms with Crippen molar-refractivity contribution in [1.82, 2.24) is 25.5 Å². The molecule has 4 unspecified atom stereocenters. The summed E-state index contributed by atoms with van der Waals surface area (Å²) in [4.78, 5) is 68.5. The highest BCUT2D eigenvalue weighted by Crippen LogP contribution is 2.19. The second-order valence-corrected chi connectivity index (χ2v) is 8.09. The Morgan fingerprint density at radius 2 is 2.00 bits per heavy atom. The Labute approximate surface area is 195 Å². The van der Waals surface area contributed by atoms with Gasteiger partial charge in [0.05, 0.1) is 12.4 Å². The van der Waals surface area contributed by atoms with Crippen molar-refractivity contribution in [3.8, 4) is 0 Å². The van der Waals surface area contributed by atoms with E-state index in [2.05, 4.69) is 33.2 Å². The first-order valence-electron chi connectivity index (χ1n) is 10.4. The SMILES string of the molecule is NC(=O)CCC(N)C(=O)NC(CS)C(=O)N1CCCC1C(=O)NC(Cc1cnc[nH]1)C(=O)O. The van der Waals surface area contributed by atoms with Crippen molar-refractivity contribution in [2.75, 3.05) is 12.3 Å². The lowest BCUT2D eigenvalue weighted by Crippen LogP contribution is -2.57. The molecule has 0 radical (unpaired) electrons. The summed E-state index contributed by atoms with van der Waals surface area (Å²) >= 11 is 4.12. The van der Waals surface area contributed by atoms with E-state index in [1.807, 2.05) is 0 Å². The number of thiol groups is 1. The summed E-state index contributed by atoms with van der Waals surface area (Å²) in [5.41, 5.74) is 11.3. The average Bonchev–Trinajstić information content (AvgIpc) is 3.46. The van der Waals surface area contributed by atoms with Gasteiger partial charge in [0.25, 0.3) is 0 Å². The van der Waals surface area contributed by atoms with Crippen molar-refractivity contribution in [3.63, 3.8) is 0 Å². The van der Waals surface area contributed by atoms with Crippen LogP contribution < -0.4 is 22.1 Å². The number of aliphatic carboxylic acids is 1.